The third-order valence-corrected chi connectivity index (χ3v) is 5.75. The monoisotopic (exact) mass is 465 g/mol. The molecule has 2 aromatic heterocycles. The topological polar surface area (TPSA) is 81.4 Å². The van der Waals surface area contributed by atoms with Crippen molar-refractivity contribution in [2.45, 2.75) is 66.2 Å². The molecule has 1 N–H and O–H groups in total. The van der Waals surface area contributed by atoms with Crippen LogP contribution < -0.4 is 15.9 Å². The Bertz CT molecular complexity index is 1280. The number of anilines is 2. The molecule has 4 rings (SSSR count). The fourth-order valence-corrected chi connectivity index (χ4v) is 4.42. The molecule has 0 saturated carbocycles. The van der Waals surface area contributed by atoms with E-state index < -0.39 is 11.7 Å². The van der Waals surface area contributed by atoms with Crippen LogP contribution in [0.3, 0.4) is 0 Å². The van der Waals surface area contributed by atoms with Gasteiger partial charge in [-0.25, -0.2) is 14.6 Å². The van der Waals surface area contributed by atoms with Crippen molar-refractivity contribution < 1.29 is 9.53 Å². The Kier molecular flexibility index (Phi) is 5.96. The molecule has 0 aliphatic carbocycles. The van der Waals surface area contributed by atoms with Crippen LogP contribution in [0.1, 0.15) is 47.1 Å². The lowest BCUT2D eigenvalue weighted by molar-refractivity contribution is 0.0505. The number of amides is 1. The van der Waals surface area contributed by atoms with Crippen LogP contribution in [0.5, 0.6) is 0 Å². The van der Waals surface area contributed by atoms with Gasteiger partial charge in [-0.1, -0.05) is 39.0 Å². The Labute approximate surface area is 200 Å². The third kappa shape index (κ3) is 4.95. The van der Waals surface area contributed by atoms with E-state index in [-0.39, 0.29) is 17.1 Å². The van der Waals surface area contributed by atoms with Crippen molar-refractivity contribution in [3.05, 3.63) is 52.4 Å². The van der Waals surface area contributed by atoms with Gasteiger partial charge in [-0.3, -0.25) is 9.13 Å². The van der Waals surface area contributed by atoms with E-state index in [1.54, 1.807) is 16.2 Å². The molecule has 34 heavy (non-hydrogen) atoms. The smallest absolute Gasteiger partial charge is 0.407 e. The number of aryl methyl sites for hydroxylation is 1. The number of fused-ring (bicyclic) bond motifs is 2. The van der Waals surface area contributed by atoms with Crippen molar-refractivity contribution in [1.29, 1.82) is 0 Å². The third-order valence-electron chi connectivity index (χ3n) is 5.75. The van der Waals surface area contributed by atoms with E-state index in [1.807, 2.05) is 45.0 Å². The van der Waals surface area contributed by atoms with Gasteiger partial charge in [-0.15, -0.1) is 0 Å². The first-order valence-electron chi connectivity index (χ1n) is 11.7. The summed E-state index contributed by atoms with van der Waals surface area (Å²) in [5.41, 5.74) is 2.97. The average molecular weight is 466 g/mol. The maximum absolute atomic E-state index is 13.0. The van der Waals surface area contributed by atoms with Crippen LogP contribution in [0.2, 0.25) is 0 Å². The van der Waals surface area contributed by atoms with Gasteiger partial charge in [0.25, 0.3) is 0 Å². The highest BCUT2D eigenvalue weighted by atomic mass is 16.6. The number of ether oxygens (including phenoxy) is 1. The van der Waals surface area contributed by atoms with Crippen molar-refractivity contribution in [1.82, 2.24) is 19.4 Å². The molecule has 0 fully saturated rings. The lowest BCUT2D eigenvalue weighted by atomic mass is 9.97. The molecular weight excluding hydrogens is 430 g/mol. The summed E-state index contributed by atoms with van der Waals surface area (Å²) in [6, 6.07) is 11.9. The molecule has 0 spiro atoms. The molecule has 182 valence electrons. The zero-order valence-electron chi connectivity index (χ0n) is 21.2. The van der Waals surface area contributed by atoms with E-state index in [9.17, 15) is 9.59 Å². The van der Waals surface area contributed by atoms with Crippen molar-refractivity contribution >= 4 is 28.8 Å². The van der Waals surface area contributed by atoms with E-state index in [4.69, 9.17) is 9.72 Å². The predicted molar refractivity (Wildman–Crippen MR) is 135 cm³/mol. The summed E-state index contributed by atoms with van der Waals surface area (Å²) in [6.45, 7) is 13.1. The van der Waals surface area contributed by atoms with Gasteiger partial charge in [-0.2, -0.15) is 0 Å². The number of benzene rings is 1. The molecule has 1 aliphatic rings. The van der Waals surface area contributed by atoms with E-state index in [2.05, 4.69) is 43.1 Å². The van der Waals surface area contributed by atoms with E-state index in [0.717, 1.165) is 22.6 Å². The van der Waals surface area contributed by atoms with Gasteiger partial charge in [0.05, 0.1) is 11.6 Å². The quantitative estimate of drug-likeness (QED) is 0.621. The maximum atomic E-state index is 13.0. The highest BCUT2D eigenvalue weighted by Crippen LogP contribution is 2.33. The Morgan fingerprint density at radius 1 is 1.12 bits per heavy atom. The maximum Gasteiger partial charge on any atom is 0.407 e. The molecule has 8 nitrogen and oxygen atoms in total. The Morgan fingerprint density at radius 3 is 2.50 bits per heavy atom. The van der Waals surface area contributed by atoms with Crippen LogP contribution in [0.25, 0.3) is 11.2 Å². The number of para-hydroxylation sites is 1. The number of pyridine rings is 1. The molecule has 8 heteroatoms. The zero-order valence-corrected chi connectivity index (χ0v) is 21.2. The Hall–Kier alpha value is -3.29. The fraction of sp³-hybridized carbons (Fsp3) is 0.500. The van der Waals surface area contributed by atoms with Gasteiger partial charge in [0.1, 0.15) is 11.4 Å². The summed E-state index contributed by atoms with van der Waals surface area (Å²) < 4.78 is 8.88. The minimum absolute atomic E-state index is 0.0385. The van der Waals surface area contributed by atoms with Crippen LogP contribution >= 0.6 is 0 Å². The molecule has 0 saturated heterocycles. The van der Waals surface area contributed by atoms with Crippen LogP contribution in [-0.2, 0) is 24.8 Å². The minimum atomic E-state index is -0.562. The number of imidazole rings is 1. The van der Waals surface area contributed by atoms with Crippen molar-refractivity contribution in [2.24, 2.45) is 12.5 Å². The summed E-state index contributed by atoms with van der Waals surface area (Å²) in [4.78, 5) is 32.4. The number of carbonyl (C=O) groups excluding carboxylic acids is 1. The van der Waals surface area contributed by atoms with Gasteiger partial charge in [0, 0.05) is 25.8 Å². The number of nitrogens with one attached hydrogen (secondary N) is 1. The summed E-state index contributed by atoms with van der Waals surface area (Å²) in [7, 11) is 1.76. The molecular formula is C26H35N5O3. The number of hydrogen-bond acceptors (Lipinski definition) is 5. The first kappa shape index (κ1) is 23.9. The molecule has 3 aromatic rings. The molecule has 0 bridgehead atoms. The molecule has 1 atom stereocenters. The second kappa shape index (κ2) is 8.49. The highest BCUT2D eigenvalue weighted by Gasteiger charge is 2.29. The normalized spacial score (nSPS) is 16.4. The first-order chi connectivity index (χ1) is 15.8. The average Bonchev–Trinajstić information content (AvgIpc) is 2.95. The molecule has 1 aromatic carbocycles. The fourth-order valence-electron chi connectivity index (χ4n) is 4.42. The van der Waals surface area contributed by atoms with E-state index in [0.29, 0.717) is 25.2 Å². The number of rotatable bonds is 3. The molecule has 1 amide bonds. The predicted octanol–water partition coefficient (Wildman–Crippen LogP) is 4.37. The number of carbonyl (C=O) groups is 1. The van der Waals surface area contributed by atoms with Crippen molar-refractivity contribution in [3.8, 4) is 0 Å². The SMILES string of the molecule is Cn1c(=O)n(CC(C)(C)C)c2ccc(N3C[C@H](NC(=O)OC(C)(C)C)Cc4ccccc43)nc21. The Balaban J connectivity index is 1.70. The van der Waals surface area contributed by atoms with Crippen molar-refractivity contribution in [2.75, 3.05) is 11.4 Å². The lowest BCUT2D eigenvalue weighted by Crippen LogP contribution is -2.48. The van der Waals surface area contributed by atoms with Crippen LogP contribution in [0.4, 0.5) is 16.3 Å². The first-order valence-corrected chi connectivity index (χ1v) is 11.7. The summed E-state index contributed by atoms with van der Waals surface area (Å²) in [5.74, 6) is 0.735. The number of hydrogen-bond donors (Lipinski definition) is 1. The lowest BCUT2D eigenvalue weighted by Gasteiger charge is -2.36. The second-order valence-corrected chi connectivity index (χ2v) is 11.3. The largest absolute Gasteiger partial charge is 0.444 e. The standard InChI is InChI=1S/C26H35N5O3/c1-25(2,3)16-31-20-12-13-21(28-22(20)29(7)24(31)33)30-15-18(27-23(32)34-26(4,5)6)14-17-10-8-9-11-19(17)30/h8-13,18H,14-16H2,1-7H3,(H,27,32)/t18-/m1/s1. The number of alkyl carbamates (subject to hydrolysis) is 1. The minimum Gasteiger partial charge on any atom is -0.444 e. The molecule has 0 unspecified atom stereocenters. The zero-order chi connectivity index (χ0) is 24.8. The number of nitrogens with zero attached hydrogens (tertiary/aromatic N) is 4. The van der Waals surface area contributed by atoms with E-state index in [1.165, 1.54) is 0 Å². The summed E-state index contributed by atoms with van der Waals surface area (Å²) in [5, 5.41) is 3.01. The second-order valence-electron chi connectivity index (χ2n) is 11.3. The van der Waals surface area contributed by atoms with Crippen LogP contribution in [0.15, 0.2) is 41.2 Å². The van der Waals surface area contributed by atoms with Gasteiger partial charge >= 0.3 is 11.8 Å². The van der Waals surface area contributed by atoms with E-state index >= 15 is 0 Å². The molecule has 3 heterocycles. The summed E-state index contributed by atoms with van der Waals surface area (Å²) >= 11 is 0. The van der Waals surface area contributed by atoms with Gasteiger partial charge < -0.3 is 15.0 Å². The van der Waals surface area contributed by atoms with Crippen molar-refractivity contribution in [3.63, 3.8) is 0 Å². The molecule has 1 aliphatic heterocycles. The van der Waals surface area contributed by atoms with Crippen LogP contribution in [0, 0.1) is 5.41 Å². The number of aromatic nitrogens is 3. The van der Waals surface area contributed by atoms with Gasteiger partial charge in [-0.05, 0) is 56.4 Å². The summed E-state index contributed by atoms with van der Waals surface area (Å²) in [6.07, 6.45) is 0.274. The van der Waals surface area contributed by atoms with Gasteiger partial charge in [0.15, 0.2) is 5.65 Å². The van der Waals surface area contributed by atoms with Gasteiger partial charge in [0.2, 0.25) is 0 Å². The highest BCUT2D eigenvalue weighted by molar-refractivity contribution is 5.77. The molecule has 0 radical (unpaired) electrons. The Morgan fingerprint density at radius 2 is 1.82 bits per heavy atom. The van der Waals surface area contributed by atoms with Crippen LogP contribution in [-0.4, -0.2) is 38.4 Å².